The van der Waals surface area contributed by atoms with E-state index in [1.807, 2.05) is 44.2 Å². The predicted octanol–water partition coefficient (Wildman–Crippen LogP) is 2.83. The van der Waals surface area contributed by atoms with Crippen molar-refractivity contribution in [2.75, 3.05) is 6.54 Å². The van der Waals surface area contributed by atoms with E-state index in [1.165, 1.54) is 16.2 Å². The Hall–Kier alpha value is -2.41. The number of rotatable bonds is 8. The number of thiazole rings is 1. The maximum Gasteiger partial charge on any atom is 0.410 e. The lowest BCUT2D eigenvalue weighted by atomic mass is 10.0. The molecule has 0 bridgehead atoms. The van der Waals surface area contributed by atoms with E-state index in [9.17, 15) is 9.59 Å². The molecule has 0 spiro atoms. The Bertz CT molecular complexity index is 674. The van der Waals surface area contributed by atoms with E-state index >= 15 is 0 Å². The van der Waals surface area contributed by atoms with Crippen molar-refractivity contribution in [2.24, 2.45) is 11.7 Å². The van der Waals surface area contributed by atoms with Gasteiger partial charge in [0.2, 0.25) is 5.91 Å². The van der Waals surface area contributed by atoms with Crippen LogP contribution in [0.25, 0.3) is 0 Å². The van der Waals surface area contributed by atoms with Crippen LogP contribution in [0.2, 0.25) is 0 Å². The highest BCUT2D eigenvalue weighted by molar-refractivity contribution is 7.09. The Morgan fingerprint density at radius 3 is 2.56 bits per heavy atom. The molecule has 1 aromatic heterocycles. The van der Waals surface area contributed by atoms with Crippen LogP contribution in [0.5, 0.6) is 0 Å². The summed E-state index contributed by atoms with van der Waals surface area (Å²) in [6.45, 7) is 4.48. The van der Waals surface area contributed by atoms with E-state index in [4.69, 9.17) is 10.5 Å². The summed E-state index contributed by atoms with van der Waals surface area (Å²) in [7, 11) is 0. The van der Waals surface area contributed by atoms with Gasteiger partial charge in [-0.2, -0.15) is 0 Å². The van der Waals surface area contributed by atoms with E-state index in [0.717, 1.165) is 10.4 Å². The molecule has 7 heteroatoms. The number of hydrogen-bond donors (Lipinski definition) is 1. The number of aromatic nitrogens is 1. The molecule has 1 heterocycles. The van der Waals surface area contributed by atoms with Gasteiger partial charge in [0.1, 0.15) is 12.6 Å². The first-order valence-electron chi connectivity index (χ1n) is 8.11. The smallest absolute Gasteiger partial charge is 0.410 e. The summed E-state index contributed by atoms with van der Waals surface area (Å²) >= 11 is 1.41. The minimum Gasteiger partial charge on any atom is -0.444 e. The van der Waals surface area contributed by atoms with Crippen molar-refractivity contribution in [3.63, 3.8) is 0 Å². The third kappa shape index (κ3) is 5.86. The van der Waals surface area contributed by atoms with Crippen molar-refractivity contribution >= 4 is 23.3 Å². The number of benzene rings is 1. The monoisotopic (exact) mass is 361 g/mol. The van der Waals surface area contributed by atoms with E-state index in [1.54, 1.807) is 11.7 Å². The Morgan fingerprint density at radius 2 is 2.00 bits per heavy atom. The number of carbonyl (C=O) groups excluding carboxylic acids is 2. The standard InChI is InChI=1S/C18H23N3O3S/c1-13(2)10-21(18(23)24-11-15-9-20-12-25-15)16(17(19)22)8-14-6-4-3-5-7-14/h3-7,9,12-13,16H,8,10-11H2,1-2H3,(H2,19,22)/t16-/m0/s1. The second-order valence-electron chi connectivity index (χ2n) is 6.18. The molecular weight excluding hydrogens is 338 g/mol. The Balaban J connectivity index is 2.13. The van der Waals surface area contributed by atoms with Gasteiger partial charge in [-0.3, -0.25) is 14.7 Å². The second kappa shape index (κ2) is 9.17. The third-order valence-electron chi connectivity index (χ3n) is 3.59. The molecule has 0 fully saturated rings. The van der Waals surface area contributed by atoms with Crippen molar-refractivity contribution in [1.29, 1.82) is 0 Å². The largest absolute Gasteiger partial charge is 0.444 e. The van der Waals surface area contributed by atoms with Crippen LogP contribution in [-0.4, -0.2) is 34.5 Å². The number of nitrogens with zero attached hydrogens (tertiary/aromatic N) is 2. The number of nitrogens with two attached hydrogens (primary N) is 1. The van der Waals surface area contributed by atoms with Crippen LogP contribution < -0.4 is 5.73 Å². The van der Waals surface area contributed by atoms with Crippen LogP contribution in [0.1, 0.15) is 24.3 Å². The average molecular weight is 361 g/mol. The molecule has 6 nitrogen and oxygen atoms in total. The topological polar surface area (TPSA) is 85.5 Å². The van der Waals surface area contributed by atoms with Gasteiger partial charge < -0.3 is 10.5 Å². The maximum atomic E-state index is 12.6. The zero-order chi connectivity index (χ0) is 18.2. The van der Waals surface area contributed by atoms with Gasteiger partial charge in [0.05, 0.1) is 10.4 Å². The summed E-state index contributed by atoms with van der Waals surface area (Å²) in [6, 6.07) is 8.75. The van der Waals surface area contributed by atoms with Gasteiger partial charge in [-0.15, -0.1) is 11.3 Å². The molecular formula is C18H23N3O3S. The minimum absolute atomic E-state index is 0.134. The fourth-order valence-corrected chi connectivity index (χ4v) is 2.96. The fourth-order valence-electron chi connectivity index (χ4n) is 2.45. The van der Waals surface area contributed by atoms with Crippen molar-refractivity contribution in [3.8, 4) is 0 Å². The summed E-state index contributed by atoms with van der Waals surface area (Å²) in [5.74, 6) is -0.368. The van der Waals surface area contributed by atoms with E-state index in [2.05, 4.69) is 4.98 Å². The molecule has 0 saturated heterocycles. The molecule has 0 unspecified atom stereocenters. The first-order valence-corrected chi connectivity index (χ1v) is 8.99. The molecule has 0 saturated carbocycles. The molecule has 2 amide bonds. The lowest BCUT2D eigenvalue weighted by Crippen LogP contribution is -2.50. The lowest BCUT2D eigenvalue weighted by Gasteiger charge is -2.30. The Kier molecular flexibility index (Phi) is 6.94. The summed E-state index contributed by atoms with van der Waals surface area (Å²) in [5.41, 5.74) is 8.21. The Labute approximate surface area is 151 Å². The SMILES string of the molecule is CC(C)CN(C(=O)OCc1cncs1)[C@@H](Cc1ccccc1)C(N)=O. The van der Waals surface area contributed by atoms with Gasteiger partial charge in [-0.25, -0.2) is 4.79 Å². The van der Waals surface area contributed by atoms with Crippen molar-refractivity contribution in [3.05, 3.63) is 52.5 Å². The molecule has 0 radical (unpaired) electrons. The van der Waals surface area contributed by atoms with Gasteiger partial charge in [0.15, 0.2) is 0 Å². The molecule has 25 heavy (non-hydrogen) atoms. The van der Waals surface area contributed by atoms with Gasteiger partial charge in [0.25, 0.3) is 0 Å². The lowest BCUT2D eigenvalue weighted by molar-refractivity contribution is -0.123. The van der Waals surface area contributed by atoms with Crippen molar-refractivity contribution in [1.82, 2.24) is 9.88 Å². The number of ether oxygens (including phenoxy) is 1. The van der Waals surface area contributed by atoms with Gasteiger partial charge in [-0.1, -0.05) is 44.2 Å². The first kappa shape index (κ1) is 18.9. The molecule has 1 aromatic carbocycles. The number of primary amides is 1. The van der Waals surface area contributed by atoms with Crippen LogP contribution in [0.4, 0.5) is 4.79 Å². The van der Waals surface area contributed by atoms with Gasteiger partial charge >= 0.3 is 6.09 Å². The van der Waals surface area contributed by atoms with Crippen molar-refractivity contribution < 1.29 is 14.3 Å². The highest BCUT2D eigenvalue weighted by Crippen LogP contribution is 2.15. The van der Waals surface area contributed by atoms with E-state index < -0.39 is 18.0 Å². The Morgan fingerprint density at radius 1 is 1.28 bits per heavy atom. The molecule has 0 aliphatic rings. The minimum atomic E-state index is -0.751. The molecule has 0 aliphatic heterocycles. The highest BCUT2D eigenvalue weighted by Gasteiger charge is 2.30. The average Bonchev–Trinajstić information content (AvgIpc) is 3.10. The molecule has 2 rings (SSSR count). The van der Waals surface area contributed by atoms with Crippen LogP contribution >= 0.6 is 11.3 Å². The van der Waals surface area contributed by atoms with Crippen molar-refractivity contribution in [2.45, 2.75) is 32.9 Å². The third-order valence-corrected chi connectivity index (χ3v) is 4.35. The molecule has 2 N–H and O–H groups in total. The quantitative estimate of drug-likeness (QED) is 0.783. The van der Waals surface area contributed by atoms with E-state index in [-0.39, 0.29) is 12.5 Å². The highest BCUT2D eigenvalue weighted by atomic mass is 32.1. The molecule has 1 atom stereocenters. The number of amides is 2. The summed E-state index contributed by atoms with van der Waals surface area (Å²) in [5, 5.41) is 0. The fraction of sp³-hybridized carbons (Fsp3) is 0.389. The predicted molar refractivity (Wildman–Crippen MR) is 97.0 cm³/mol. The maximum absolute atomic E-state index is 12.6. The summed E-state index contributed by atoms with van der Waals surface area (Å²) in [6.07, 6.45) is 1.47. The number of hydrogen-bond acceptors (Lipinski definition) is 5. The van der Waals surface area contributed by atoms with Gasteiger partial charge in [0, 0.05) is 19.2 Å². The zero-order valence-corrected chi connectivity index (χ0v) is 15.2. The molecule has 134 valence electrons. The summed E-state index contributed by atoms with van der Waals surface area (Å²) in [4.78, 5) is 30.8. The molecule has 0 aliphatic carbocycles. The normalized spacial score (nSPS) is 12.0. The van der Waals surface area contributed by atoms with Crippen LogP contribution in [-0.2, 0) is 22.6 Å². The second-order valence-corrected chi connectivity index (χ2v) is 7.15. The van der Waals surface area contributed by atoms with Crippen LogP contribution in [0.15, 0.2) is 42.0 Å². The van der Waals surface area contributed by atoms with Crippen LogP contribution in [0.3, 0.4) is 0 Å². The van der Waals surface area contributed by atoms with Crippen LogP contribution in [0, 0.1) is 5.92 Å². The zero-order valence-electron chi connectivity index (χ0n) is 14.4. The summed E-state index contributed by atoms with van der Waals surface area (Å²) < 4.78 is 5.37. The molecule has 2 aromatic rings. The van der Waals surface area contributed by atoms with Gasteiger partial charge in [-0.05, 0) is 11.5 Å². The van der Waals surface area contributed by atoms with E-state index in [0.29, 0.717) is 13.0 Å². The number of carbonyl (C=O) groups is 2. The first-order chi connectivity index (χ1) is 12.0.